The molecule has 0 radical (unpaired) electrons. The van der Waals surface area contributed by atoms with Crippen LogP contribution in [0.25, 0.3) is 0 Å². The van der Waals surface area contributed by atoms with Crippen LogP contribution in [0.1, 0.15) is 94.4 Å². The van der Waals surface area contributed by atoms with Gasteiger partial charge in [0.1, 0.15) is 0 Å². The number of ether oxygens (including phenoxy) is 4. The van der Waals surface area contributed by atoms with Crippen LogP contribution < -0.4 is 30.4 Å². The molecule has 4 rings (SSSR count). The molecule has 4 N–H and O–H groups in total. The Kier molecular flexibility index (Phi) is 14.3. The lowest BCUT2D eigenvalue weighted by Crippen LogP contribution is -2.46. The number of hydrogen-bond acceptors (Lipinski definition) is 10. The summed E-state index contributed by atoms with van der Waals surface area (Å²) in [5.41, 5.74) is 14.3. The van der Waals surface area contributed by atoms with E-state index in [1.54, 1.807) is 38.5 Å². The fourth-order valence-corrected chi connectivity index (χ4v) is 8.48. The highest BCUT2D eigenvalue weighted by Crippen LogP contribution is 2.40. The first-order valence-corrected chi connectivity index (χ1v) is 25.5. The number of nitrogens with two attached hydrogens (primary N) is 2. The van der Waals surface area contributed by atoms with E-state index in [9.17, 15) is 9.59 Å². The van der Waals surface area contributed by atoms with Crippen molar-refractivity contribution in [3.8, 4) is 23.0 Å². The van der Waals surface area contributed by atoms with E-state index in [2.05, 4.69) is 67.7 Å². The van der Waals surface area contributed by atoms with Crippen molar-refractivity contribution < 1.29 is 37.4 Å². The van der Waals surface area contributed by atoms with Gasteiger partial charge in [-0.3, -0.25) is 9.59 Å². The first kappa shape index (κ1) is 44.3. The molecule has 2 fully saturated rings. The van der Waals surface area contributed by atoms with E-state index in [-0.39, 0.29) is 34.0 Å². The smallest absolute Gasteiger partial charge is 0.256 e. The number of rotatable bonds is 16. The number of likely N-dealkylation sites (tertiary alicyclic amines) is 2. The number of methoxy groups -OCH3 is 2. The average molecular weight is 801 g/mol. The van der Waals surface area contributed by atoms with E-state index in [1.807, 2.05) is 9.80 Å². The lowest BCUT2D eigenvalue weighted by Gasteiger charge is -2.38. The molecule has 55 heavy (non-hydrogen) atoms. The van der Waals surface area contributed by atoms with Crippen molar-refractivity contribution in [1.29, 1.82) is 0 Å². The number of carbonyl (C=O) groups excluding carboxylic acids is 2. The maximum absolute atomic E-state index is 13.8. The minimum absolute atomic E-state index is 0.00329. The van der Waals surface area contributed by atoms with E-state index >= 15 is 0 Å². The largest absolute Gasteiger partial charge is 0.493 e. The summed E-state index contributed by atoms with van der Waals surface area (Å²) >= 11 is 0. The number of amides is 2. The van der Waals surface area contributed by atoms with Crippen molar-refractivity contribution in [3.63, 3.8) is 0 Å². The zero-order valence-corrected chi connectivity index (χ0v) is 37.6. The molecule has 0 spiro atoms. The zero-order chi connectivity index (χ0) is 40.9. The highest BCUT2D eigenvalue weighted by molar-refractivity contribution is 6.74. The van der Waals surface area contributed by atoms with Crippen LogP contribution in [0, 0.1) is 0 Å². The first-order chi connectivity index (χ1) is 25.6. The highest BCUT2D eigenvalue weighted by Gasteiger charge is 2.41. The molecular weight excluding hydrogens is 733 g/mol. The summed E-state index contributed by atoms with van der Waals surface area (Å²) in [5.74, 6) is 1.47. The normalized spacial score (nSPS) is 18.1. The van der Waals surface area contributed by atoms with Gasteiger partial charge in [-0.1, -0.05) is 41.5 Å². The van der Waals surface area contributed by atoms with Gasteiger partial charge in [0, 0.05) is 43.0 Å². The first-order valence-electron chi connectivity index (χ1n) is 19.7. The maximum Gasteiger partial charge on any atom is 0.256 e. The molecule has 2 aliphatic heterocycles. The zero-order valence-electron chi connectivity index (χ0n) is 35.6. The van der Waals surface area contributed by atoms with Crippen LogP contribution in [0.15, 0.2) is 24.3 Å². The minimum atomic E-state index is -1.96. The van der Waals surface area contributed by atoms with Crippen LogP contribution in [0.3, 0.4) is 0 Å². The summed E-state index contributed by atoms with van der Waals surface area (Å²) in [6.45, 7) is 25.2. The summed E-state index contributed by atoms with van der Waals surface area (Å²) in [6.07, 6.45) is 4.15. The molecule has 0 unspecified atom stereocenters. The quantitative estimate of drug-likeness (QED) is 0.0973. The Hall–Kier alpha value is -3.47. The topological polar surface area (TPSA) is 148 Å². The molecule has 2 aliphatic rings. The molecule has 12 nitrogen and oxygen atoms in total. The van der Waals surface area contributed by atoms with Gasteiger partial charge in [0.15, 0.2) is 39.6 Å². The van der Waals surface area contributed by atoms with Gasteiger partial charge in [0.2, 0.25) is 0 Å². The third-order valence-electron chi connectivity index (χ3n) is 12.1. The number of nitrogen functional groups attached to an aromatic ring is 2. The van der Waals surface area contributed by atoms with Crippen molar-refractivity contribution in [2.75, 3.05) is 65.2 Å². The highest BCUT2D eigenvalue weighted by atomic mass is 28.4. The Balaban J connectivity index is 1.34. The summed E-state index contributed by atoms with van der Waals surface area (Å²) in [4.78, 5) is 31.3. The minimum Gasteiger partial charge on any atom is -0.493 e. The maximum atomic E-state index is 13.8. The molecule has 0 aromatic heterocycles. The van der Waals surface area contributed by atoms with E-state index in [0.29, 0.717) is 91.4 Å². The van der Waals surface area contributed by atoms with Gasteiger partial charge in [-0.05, 0) is 74.1 Å². The Morgan fingerprint density at radius 1 is 0.655 bits per heavy atom. The SMILES string of the molecule is COc1cc(C(=O)N2CCC[C@H]2CO[Si](C)(C)C(C)(C)C)c(N)cc1OCCCOc1cc(N)c(C(=O)N2CCC[C@H]2CO[Si](C)(C)C(C)(C)C)cc1OC. The van der Waals surface area contributed by atoms with Gasteiger partial charge >= 0.3 is 0 Å². The number of hydrogen-bond donors (Lipinski definition) is 2. The molecule has 2 aromatic rings. The van der Waals surface area contributed by atoms with Crippen LogP contribution in [0.5, 0.6) is 23.0 Å². The molecule has 14 heteroatoms. The van der Waals surface area contributed by atoms with Crippen molar-refractivity contribution in [3.05, 3.63) is 35.4 Å². The molecule has 0 aliphatic carbocycles. The van der Waals surface area contributed by atoms with Crippen LogP contribution >= 0.6 is 0 Å². The fourth-order valence-electron chi connectivity index (χ4n) is 6.39. The summed E-state index contributed by atoms with van der Waals surface area (Å²) in [5, 5.41) is 0.181. The lowest BCUT2D eigenvalue weighted by atomic mass is 10.1. The second kappa shape index (κ2) is 17.8. The van der Waals surface area contributed by atoms with Crippen molar-refractivity contribution in [1.82, 2.24) is 9.80 Å². The number of anilines is 2. The number of benzene rings is 2. The Bertz CT molecular complexity index is 1540. The number of nitrogens with zero attached hydrogens (tertiary/aromatic N) is 2. The third-order valence-corrected chi connectivity index (χ3v) is 21.1. The van der Waals surface area contributed by atoms with E-state index in [1.165, 1.54) is 0 Å². The molecule has 308 valence electrons. The second-order valence-electron chi connectivity index (χ2n) is 18.0. The van der Waals surface area contributed by atoms with Crippen LogP contribution in [-0.4, -0.2) is 104 Å². The lowest BCUT2D eigenvalue weighted by molar-refractivity contribution is 0.0678. The van der Waals surface area contributed by atoms with Crippen molar-refractivity contribution in [2.24, 2.45) is 0 Å². The van der Waals surface area contributed by atoms with Crippen LogP contribution in [0.2, 0.25) is 36.3 Å². The predicted octanol–water partition coefficient (Wildman–Crippen LogP) is 7.97. The van der Waals surface area contributed by atoms with Crippen molar-refractivity contribution in [2.45, 2.75) is 122 Å². The van der Waals surface area contributed by atoms with Crippen molar-refractivity contribution >= 4 is 39.8 Å². The van der Waals surface area contributed by atoms with Gasteiger partial charge in [-0.15, -0.1) is 0 Å². The average Bonchev–Trinajstić information content (AvgIpc) is 3.78. The number of carbonyl (C=O) groups is 2. The molecule has 2 aromatic carbocycles. The fraction of sp³-hybridized carbons (Fsp3) is 0.659. The van der Waals surface area contributed by atoms with Gasteiger partial charge in [0.05, 0.1) is 63.9 Å². The summed E-state index contributed by atoms with van der Waals surface area (Å²) in [7, 11) is -0.830. The molecule has 2 amide bonds. The molecule has 2 heterocycles. The molecule has 0 saturated carbocycles. The Morgan fingerprint density at radius 3 is 1.35 bits per heavy atom. The molecule has 2 atom stereocenters. The summed E-state index contributed by atoms with van der Waals surface area (Å²) in [6, 6.07) is 6.63. The third kappa shape index (κ3) is 10.5. The predicted molar refractivity (Wildman–Crippen MR) is 225 cm³/mol. The van der Waals surface area contributed by atoms with Gasteiger partial charge in [-0.25, -0.2) is 0 Å². The van der Waals surface area contributed by atoms with E-state index in [0.717, 1.165) is 25.7 Å². The molecule has 2 saturated heterocycles. The van der Waals surface area contributed by atoms with Gasteiger partial charge < -0.3 is 49.1 Å². The second-order valence-corrected chi connectivity index (χ2v) is 27.6. The van der Waals surface area contributed by atoms with Gasteiger partial charge in [0.25, 0.3) is 11.8 Å². The standard InChI is InChI=1S/C41H68N4O8Si2/c1-40(2,3)54(9,10)52-26-28-16-13-18-44(28)38(46)30-22-34(48-7)36(24-32(30)42)50-20-15-21-51-37-25-33(43)31(23-35(37)49-8)39(47)45-19-14-17-29(45)27-53-55(11,12)41(4,5)6/h22-25,28-29H,13-21,26-27,42-43H2,1-12H3/t28-,29-/m0/s1. The Labute approximate surface area is 331 Å². The van der Waals surface area contributed by atoms with Crippen LogP contribution in [-0.2, 0) is 8.85 Å². The molecular formula is C41H68N4O8Si2. The van der Waals surface area contributed by atoms with E-state index in [4.69, 9.17) is 39.3 Å². The van der Waals surface area contributed by atoms with E-state index < -0.39 is 16.6 Å². The molecule has 0 bridgehead atoms. The summed E-state index contributed by atoms with van der Waals surface area (Å²) < 4.78 is 36.3. The Morgan fingerprint density at radius 2 is 1.02 bits per heavy atom. The van der Waals surface area contributed by atoms with Crippen LogP contribution in [0.4, 0.5) is 11.4 Å². The monoisotopic (exact) mass is 800 g/mol. The van der Waals surface area contributed by atoms with Gasteiger partial charge in [-0.2, -0.15) is 0 Å².